The minimum atomic E-state index is -0.361. The molecule has 3 aromatic carbocycles. The molecule has 0 aliphatic rings. The molecule has 29 heavy (non-hydrogen) atoms. The van der Waals surface area contributed by atoms with Crippen LogP contribution in [0, 0.1) is 6.92 Å². The zero-order chi connectivity index (χ0) is 20.2. The van der Waals surface area contributed by atoms with E-state index in [1.165, 1.54) is 7.11 Å². The van der Waals surface area contributed by atoms with Crippen LogP contribution in [0.3, 0.4) is 0 Å². The number of nitrogens with zero attached hydrogens (tertiary/aromatic N) is 1. The lowest BCUT2D eigenvalue weighted by molar-refractivity contribution is 0.0601. The third-order valence-corrected chi connectivity index (χ3v) is 4.95. The molecule has 4 heteroatoms. The monoisotopic (exact) mass is 383 g/mol. The first-order chi connectivity index (χ1) is 14.2. The Morgan fingerprint density at radius 3 is 2.59 bits per heavy atom. The average Bonchev–Trinajstić information content (AvgIpc) is 2.77. The van der Waals surface area contributed by atoms with Gasteiger partial charge < -0.3 is 9.47 Å². The summed E-state index contributed by atoms with van der Waals surface area (Å²) < 4.78 is 11.2. The average molecular weight is 383 g/mol. The summed E-state index contributed by atoms with van der Waals surface area (Å²) in [6.07, 6.45) is 1.77. The summed E-state index contributed by atoms with van der Waals surface area (Å²) in [6.45, 7) is 2.39. The van der Waals surface area contributed by atoms with Gasteiger partial charge in [-0.2, -0.15) is 0 Å². The summed E-state index contributed by atoms with van der Waals surface area (Å²) in [7, 11) is 1.39. The molecule has 0 saturated heterocycles. The molecule has 0 radical (unpaired) electrons. The molecule has 4 aromatic rings. The van der Waals surface area contributed by atoms with Crippen LogP contribution in [0.1, 0.15) is 21.6 Å². The highest BCUT2D eigenvalue weighted by atomic mass is 16.5. The van der Waals surface area contributed by atoms with Gasteiger partial charge >= 0.3 is 5.97 Å². The fourth-order valence-electron chi connectivity index (χ4n) is 3.39. The summed E-state index contributed by atoms with van der Waals surface area (Å²) in [6, 6.07) is 23.5. The van der Waals surface area contributed by atoms with Crippen molar-refractivity contribution >= 4 is 16.7 Å². The molecule has 0 N–H and O–H groups in total. The Morgan fingerprint density at radius 1 is 0.966 bits per heavy atom. The van der Waals surface area contributed by atoms with E-state index >= 15 is 0 Å². The number of pyridine rings is 1. The van der Waals surface area contributed by atoms with Crippen LogP contribution in [0.15, 0.2) is 79.0 Å². The van der Waals surface area contributed by atoms with Crippen molar-refractivity contribution in [2.45, 2.75) is 13.5 Å². The maximum atomic E-state index is 12.2. The van der Waals surface area contributed by atoms with E-state index in [9.17, 15) is 4.79 Å². The topological polar surface area (TPSA) is 48.4 Å². The summed E-state index contributed by atoms with van der Waals surface area (Å²) in [5.74, 6) is 0.392. The predicted molar refractivity (Wildman–Crippen MR) is 114 cm³/mol. The number of benzene rings is 3. The third kappa shape index (κ3) is 3.83. The molecule has 1 heterocycles. The van der Waals surface area contributed by atoms with E-state index in [-0.39, 0.29) is 5.97 Å². The van der Waals surface area contributed by atoms with E-state index in [1.807, 2.05) is 67.6 Å². The fourth-order valence-corrected chi connectivity index (χ4v) is 3.39. The molecule has 0 atom stereocenters. The standard InChI is InChI=1S/C25H21NO3/c1-17-8-7-13-26-23(17)16-29-24-15-19(14-18-9-3-4-11-21(18)24)20-10-5-6-12-22(20)25(27)28-2/h3-15H,16H2,1-2H3. The zero-order valence-electron chi connectivity index (χ0n) is 16.4. The maximum Gasteiger partial charge on any atom is 0.338 e. The van der Waals surface area contributed by atoms with Crippen molar-refractivity contribution < 1.29 is 14.3 Å². The molecule has 0 amide bonds. The molecule has 0 aliphatic heterocycles. The highest BCUT2D eigenvalue weighted by Gasteiger charge is 2.15. The number of carbonyl (C=O) groups is 1. The van der Waals surface area contributed by atoms with E-state index in [1.54, 1.807) is 12.3 Å². The van der Waals surface area contributed by atoms with Crippen molar-refractivity contribution in [3.8, 4) is 16.9 Å². The minimum Gasteiger partial charge on any atom is -0.487 e. The van der Waals surface area contributed by atoms with Gasteiger partial charge in [-0.05, 0) is 53.3 Å². The highest BCUT2D eigenvalue weighted by molar-refractivity contribution is 6.00. The largest absolute Gasteiger partial charge is 0.487 e. The van der Waals surface area contributed by atoms with E-state index in [0.29, 0.717) is 12.2 Å². The van der Waals surface area contributed by atoms with Crippen molar-refractivity contribution in [1.82, 2.24) is 4.98 Å². The van der Waals surface area contributed by atoms with Crippen LogP contribution in [0.5, 0.6) is 5.75 Å². The number of rotatable bonds is 5. The molecule has 0 unspecified atom stereocenters. The first-order valence-corrected chi connectivity index (χ1v) is 9.41. The number of hydrogen-bond donors (Lipinski definition) is 0. The second-order valence-electron chi connectivity index (χ2n) is 6.79. The van der Waals surface area contributed by atoms with Crippen molar-refractivity contribution in [2.75, 3.05) is 7.11 Å². The Hall–Kier alpha value is -3.66. The number of fused-ring (bicyclic) bond motifs is 1. The quantitative estimate of drug-likeness (QED) is 0.422. The summed E-state index contributed by atoms with van der Waals surface area (Å²) >= 11 is 0. The molecule has 0 aliphatic carbocycles. The molecule has 144 valence electrons. The van der Waals surface area contributed by atoms with Gasteiger partial charge in [0.15, 0.2) is 0 Å². The van der Waals surface area contributed by atoms with Crippen molar-refractivity contribution in [3.63, 3.8) is 0 Å². The highest BCUT2D eigenvalue weighted by Crippen LogP contribution is 2.34. The zero-order valence-corrected chi connectivity index (χ0v) is 16.4. The Morgan fingerprint density at radius 2 is 1.76 bits per heavy atom. The number of hydrogen-bond acceptors (Lipinski definition) is 4. The van der Waals surface area contributed by atoms with Crippen LogP contribution in [-0.4, -0.2) is 18.1 Å². The molecule has 0 fully saturated rings. The van der Waals surface area contributed by atoms with Crippen molar-refractivity contribution in [1.29, 1.82) is 0 Å². The van der Waals surface area contributed by atoms with Gasteiger partial charge in [-0.1, -0.05) is 48.5 Å². The van der Waals surface area contributed by atoms with E-state index in [0.717, 1.165) is 38.9 Å². The van der Waals surface area contributed by atoms with Gasteiger partial charge in [0.05, 0.1) is 18.4 Å². The number of aryl methyl sites for hydroxylation is 1. The Kier molecular flexibility index (Phi) is 5.25. The maximum absolute atomic E-state index is 12.2. The summed E-state index contributed by atoms with van der Waals surface area (Å²) in [5, 5.41) is 2.05. The van der Waals surface area contributed by atoms with Crippen LogP contribution in [0.2, 0.25) is 0 Å². The first kappa shape index (κ1) is 18.7. The fraction of sp³-hybridized carbons (Fsp3) is 0.120. The number of carbonyl (C=O) groups excluding carboxylic acids is 1. The van der Waals surface area contributed by atoms with Crippen LogP contribution in [0.4, 0.5) is 0 Å². The van der Waals surface area contributed by atoms with Crippen LogP contribution in [-0.2, 0) is 11.3 Å². The molecule has 0 spiro atoms. The lowest BCUT2D eigenvalue weighted by Crippen LogP contribution is -2.04. The minimum absolute atomic E-state index is 0.361. The second kappa shape index (κ2) is 8.15. The van der Waals surface area contributed by atoms with E-state index < -0.39 is 0 Å². The van der Waals surface area contributed by atoms with E-state index in [2.05, 4.69) is 11.1 Å². The van der Waals surface area contributed by atoms with Crippen molar-refractivity contribution in [2.24, 2.45) is 0 Å². The molecular formula is C25H21NO3. The van der Waals surface area contributed by atoms with Gasteiger partial charge in [-0.25, -0.2) is 4.79 Å². The number of ether oxygens (including phenoxy) is 2. The second-order valence-corrected chi connectivity index (χ2v) is 6.79. The van der Waals surface area contributed by atoms with Gasteiger partial charge in [0.2, 0.25) is 0 Å². The Labute approximate surface area is 169 Å². The van der Waals surface area contributed by atoms with Crippen LogP contribution < -0.4 is 4.74 Å². The molecule has 0 saturated carbocycles. The summed E-state index contributed by atoms with van der Waals surface area (Å²) in [4.78, 5) is 16.7. The smallest absolute Gasteiger partial charge is 0.338 e. The molecule has 0 bridgehead atoms. The number of esters is 1. The molecular weight excluding hydrogens is 362 g/mol. The normalized spacial score (nSPS) is 10.7. The van der Waals surface area contributed by atoms with Gasteiger partial charge in [-0.15, -0.1) is 0 Å². The lowest BCUT2D eigenvalue weighted by Gasteiger charge is -2.14. The number of methoxy groups -OCH3 is 1. The Balaban J connectivity index is 1.80. The third-order valence-electron chi connectivity index (χ3n) is 4.95. The van der Waals surface area contributed by atoms with Gasteiger partial charge in [0.1, 0.15) is 12.4 Å². The Bertz CT molecular complexity index is 1180. The van der Waals surface area contributed by atoms with Gasteiger partial charge in [0, 0.05) is 11.6 Å². The van der Waals surface area contributed by atoms with E-state index in [4.69, 9.17) is 9.47 Å². The first-order valence-electron chi connectivity index (χ1n) is 9.41. The number of aromatic nitrogens is 1. The predicted octanol–water partition coefficient (Wildman–Crippen LogP) is 5.58. The van der Waals surface area contributed by atoms with Gasteiger partial charge in [-0.3, -0.25) is 4.98 Å². The lowest BCUT2D eigenvalue weighted by atomic mass is 9.96. The molecule has 4 nitrogen and oxygen atoms in total. The SMILES string of the molecule is COC(=O)c1ccccc1-c1cc(OCc2ncccc2C)c2ccccc2c1. The summed E-state index contributed by atoms with van der Waals surface area (Å²) in [5.41, 5.74) is 4.22. The van der Waals surface area contributed by atoms with Gasteiger partial charge in [0.25, 0.3) is 0 Å². The molecule has 4 rings (SSSR count). The van der Waals surface area contributed by atoms with Crippen LogP contribution in [0.25, 0.3) is 21.9 Å². The van der Waals surface area contributed by atoms with Crippen LogP contribution >= 0.6 is 0 Å². The van der Waals surface area contributed by atoms with Crippen molar-refractivity contribution in [3.05, 3.63) is 95.8 Å². The molecule has 1 aromatic heterocycles.